The lowest BCUT2D eigenvalue weighted by molar-refractivity contribution is 0.908. The number of rotatable bonds is 9. The van der Waals surface area contributed by atoms with Crippen molar-refractivity contribution >= 4 is 21.8 Å². The van der Waals surface area contributed by atoms with Gasteiger partial charge in [0.2, 0.25) is 0 Å². The van der Waals surface area contributed by atoms with E-state index in [0.717, 1.165) is 62.3 Å². The van der Waals surface area contributed by atoms with Gasteiger partial charge in [-0.1, -0.05) is 201 Å². The van der Waals surface area contributed by atoms with Crippen molar-refractivity contribution in [3.8, 4) is 84.4 Å². The van der Waals surface area contributed by atoms with Crippen LogP contribution in [-0.2, 0) is 6.42 Å². The zero-order valence-electron chi connectivity index (χ0n) is 34.7. The van der Waals surface area contributed by atoms with Gasteiger partial charge in [0.25, 0.3) is 0 Å². The van der Waals surface area contributed by atoms with E-state index in [1.54, 1.807) is 0 Å². The lowest BCUT2D eigenvalue weighted by atomic mass is 9.92. The second-order valence-corrected chi connectivity index (χ2v) is 15.7. The molecule has 0 unspecified atom stereocenters. The number of fused-ring (bicyclic) bond motifs is 2. The molecule has 0 radical (unpaired) electrons. The maximum absolute atomic E-state index is 5.08. The summed E-state index contributed by atoms with van der Waals surface area (Å²) in [7, 11) is 0. The molecule has 0 bridgehead atoms. The van der Waals surface area contributed by atoms with Gasteiger partial charge in [-0.05, 0) is 79.5 Å². The van der Waals surface area contributed by atoms with Crippen molar-refractivity contribution < 1.29 is 0 Å². The Balaban J connectivity index is 0.934. The van der Waals surface area contributed by atoms with Crippen LogP contribution in [0.3, 0.4) is 0 Å². The number of aromatic nitrogens is 5. The molecule has 298 valence electrons. The number of para-hydroxylation sites is 2. The minimum atomic E-state index is 0.624. The van der Waals surface area contributed by atoms with Crippen LogP contribution in [0.1, 0.15) is 12.7 Å². The Kier molecular flexibility index (Phi) is 9.75. The van der Waals surface area contributed by atoms with Crippen LogP contribution in [0.4, 0.5) is 0 Å². The highest BCUT2D eigenvalue weighted by atomic mass is 15.1. The number of nitrogens with zero attached hydrogens (tertiary/aromatic N) is 5. The van der Waals surface area contributed by atoms with E-state index in [4.69, 9.17) is 19.9 Å². The maximum atomic E-state index is 5.08. The Bertz CT molecular complexity index is 3270. The topological polar surface area (TPSA) is 56.5 Å². The van der Waals surface area contributed by atoms with Crippen molar-refractivity contribution in [1.29, 1.82) is 0 Å². The molecule has 0 saturated heterocycles. The fraction of sp³-hybridized carbons (Fsp3) is 0.0345. The second kappa shape index (κ2) is 16.3. The molecule has 11 aromatic rings. The fourth-order valence-electron chi connectivity index (χ4n) is 8.65. The fourth-order valence-corrected chi connectivity index (χ4v) is 8.65. The van der Waals surface area contributed by atoms with E-state index >= 15 is 0 Å². The molecule has 0 amide bonds. The van der Waals surface area contributed by atoms with Crippen LogP contribution >= 0.6 is 0 Å². The van der Waals surface area contributed by atoms with Crippen LogP contribution in [0.5, 0.6) is 0 Å². The molecule has 11 rings (SSSR count). The van der Waals surface area contributed by atoms with Crippen LogP contribution in [0.25, 0.3) is 106 Å². The predicted molar refractivity (Wildman–Crippen MR) is 259 cm³/mol. The molecule has 0 N–H and O–H groups in total. The van der Waals surface area contributed by atoms with Crippen LogP contribution in [0.15, 0.2) is 218 Å². The van der Waals surface area contributed by atoms with Crippen molar-refractivity contribution in [2.45, 2.75) is 13.3 Å². The van der Waals surface area contributed by atoms with Crippen LogP contribution in [0.2, 0.25) is 0 Å². The quantitative estimate of drug-likeness (QED) is 0.146. The lowest BCUT2D eigenvalue weighted by Crippen LogP contribution is -2.00. The Morgan fingerprint density at radius 2 is 0.698 bits per heavy atom. The van der Waals surface area contributed by atoms with Gasteiger partial charge in [0.1, 0.15) is 5.82 Å². The zero-order chi connectivity index (χ0) is 42.1. The molecular weight excluding hydrogens is 767 g/mol. The molecule has 0 aliphatic rings. The molecule has 0 fully saturated rings. The van der Waals surface area contributed by atoms with E-state index in [-0.39, 0.29) is 0 Å². The summed E-state index contributed by atoms with van der Waals surface area (Å²) in [4.78, 5) is 20.1. The summed E-state index contributed by atoms with van der Waals surface area (Å²) in [5, 5.41) is 2.40. The average molecular weight is 808 g/mol. The standard InChI is InChI=1S/C58H41N5/c1-2-55-59-53-21-9-10-22-54(53)63(55)48-37-35-44(36-38-48)50-18-12-19-51-49(17-11-20-52(50)51)43-27-33-47(34-28-43)58-61-56(45-29-23-41(24-30-45)39-13-5-3-6-14-39)60-57(62-58)46-31-25-42(26-32-46)40-15-7-4-8-16-40/h3-38H,2H2,1H3. The van der Waals surface area contributed by atoms with Crippen molar-refractivity contribution in [1.82, 2.24) is 24.5 Å². The van der Waals surface area contributed by atoms with Crippen molar-refractivity contribution in [3.63, 3.8) is 0 Å². The second-order valence-electron chi connectivity index (χ2n) is 15.7. The van der Waals surface area contributed by atoms with Gasteiger partial charge in [0.05, 0.1) is 11.0 Å². The first-order chi connectivity index (χ1) is 31.2. The largest absolute Gasteiger partial charge is 0.296 e. The van der Waals surface area contributed by atoms with Gasteiger partial charge in [-0.3, -0.25) is 4.57 Å². The Labute approximate surface area is 366 Å². The number of imidazole rings is 1. The van der Waals surface area contributed by atoms with Gasteiger partial charge in [-0.2, -0.15) is 0 Å². The number of aryl methyl sites for hydroxylation is 1. The van der Waals surface area contributed by atoms with Crippen molar-refractivity contribution in [2.75, 3.05) is 0 Å². The van der Waals surface area contributed by atoms with Crippen molar-refractivity contribution in [2.24, 2.45) is 0 Å². The molecule has 0 aliphatic carbocycles. The number of hydrogen-bond acceptors (Lipinski definition) is 4. The van der Waals surface area contributed by atoms with E-state index in [2.05, 4.69) is 212 Å². The van der Waals surface area contributed by atoms with E-state index in [9.17, 15) is 0 Å². The number of benzene rings is 9. The zero-order valence-corrected chi connectivity index (χ0v) is 34.7. The van der Waals surface area contributed by atoms with Crippen molar-refractivity contribution in [3.05, 3.63) is 224 Å². The molecule has 2 heterocycles. The third-order valence-corrected chi connectivity index (χ3v) is 11.9. The summed E-state index contributed by atoms with van der Waals surface area (Å²) in [6, 6.07) is 76.8. The molecule has 5 heteroatoms. The SMILES string of the molecule is CCc1nc2ccccc2n1-c1ccc(-c2cccc3c(-c4ccc(-c5nc(-c6ccc(-c7ccccc7)cc6)nc(-c6ccc(-c7ccccc7)cc6)n5)cc4)cccc23)cc1. The molecule has 0 aliphatic heterocycles. The Morgan fingerprint density at radius 1 is 0.317 bits per heavy atom. The van der Waals surface area contributed by atoms with Crippen LogP contribution in [-0.4, -0.2) is 24.5 Å². The van der Waals surface area contributed by atoms with Gasteiger partial charge in [0.15, 0.2) is 17.5 Å². The summed E-state index contributed by atoms with van der Waals surface area (Å²) in [5.41, 5.74) is 15.3. The minimum Gasteiger partial charge on any atom is -0.296 e. The molecule has 5 nitrogen and oxygen atoms in total. The highest BCUT2D eigenvalue weighted by molar-refractivity contribution is 6.04. The first kappa shape index (κ1) is 37.7. The molecule has 0 atom stereocenters. The van der Waals surface area contributed by atoms with Gasteiger partial charge >= 0.3 is 0 Å². The molecule has 0 spiro atoms. The smallest absolute Gasteiger partial charge is 0.164 e. The monoisotopic (exact) mass is 807 g/mol. The van der Waals surface area contributed by atoms with E-state index < -0.39 is 0 Å². The average Bonchev–Trinajstić information content (AvgIpc) is 3.75. The van der Waals surface area contributed by atoms with E-state index in [1.807, 2.05) is 18.2 Å². The summed E-state index contributed by atoms with van der Waals surface area (Å²) in [5.74, 6) is 2.94. The highest BCUT2D eigenvalue weighted by Crippen LogP contribution is 2.37. The van der Waals surface area contributed by atoms with Gasteiger partial charge in [0, 0.05) is 28.8 Å². The molecular formula is C58H41N5. The van der Waals surface area contributed by atoms with Gasteiger partial charge < -0.3 is 0 Å². The third-order valence-electron chi connectivity index (χ3n) is 11.9. The summed E-state index contributed by atoms with van der Waals surface area (Å²) in [6.07, 6.45) is 0.856. The number of hydrogen-bond donors (Lipinski definition) is 0. The first-order valence-corrected chi connectivity index (χ1v) is 21.4. The molecule has 0 saturated carbocycles. The van der Waals surface area contributed by atoms with E-state index in [1.165, 1.54) is 38.6 Å². The maximum Gasteiger partial charge on any atom is 0.164 e. The summed E-state index contributed by atoms with van der Waals surface area (Å²) in [6.45, 7) is 2.16. The molecule has 9 aromatic carbocycles. The molecule has 63 heavy (non-hydrogen) atoms. The summed E-state index contributed by atoms with van der Waals surface area (Å²) >= 11 is 0. The Hall–Kier alpha value is -8.28. The highest BCUT2D eigenvalue weighted by Gasteiger charge is 2.16. The molecule has 2 aromatic heterocycles. The Morgan fingerprint density at radius 3 is 1.16 bits per heavy atom. The lowest BCUT2D eigenvalue weighted by Gasteiger charge is -2.13. The predicted octanol–water partition coefficient (Wildman–Crippen LogP) is 14.6. The first-order valence-electron chi connectivity index (χ1n) is 21.4. The van der Waals surface area contributed by atoms with Crippen LogP contribution in [0, 0.1) is 0 Å². The normalized spacial score (nSPS) is 11.3. The van der Waals surface area contributed by atoms with Gasteiger partial charge in [-0.15, -0.1) is 0 Å². The van der Waals surface area contributed by atoms with Gasteiger partial charge in [-0.25, -0.2) is 19.9 Å². The third kappa shape index (κ3) is 7.26. The van der Waals surface area contributed by atoms with Crippen LogP contribution < -0.4 is 0 Å². The minimum absolute atomic E-state index is 0.624. The van der Waals surface area contributed by atoms with E-state index in [0.29, 0.717) is 17.5 Å². The summed E-state index contributed by atoms with van der Waals surface area (Å²) < 4.78 is 2.27.